The summed E-state index contributed by atoms with van der Waals surface area (Å²) in [6.07, 6.45) is 0. The van der Waals surface area contributed by atoms with Crippen LogP contribution in [0.1, 0.15) is 23.6 Å². The zero-order chi connectivity index (χ0) is 24.0. The molecule has 0 aliphatic carbocycles. The Hall–Kier alpha value is -3.58. The van der Waals surface area contributed by atoms with Crippen molar-refractivity contribution >= 4 is 29.0 Å². The van der Waals surface area contributed by atoms with Gasteiger partial charge in [-0.1, -0.05) is 17.7 Å². The van der Waals surface area contributed by atoms with Gasteiger partial charge in [0.1, 0.15) is 24.1 Å². The van der Waals surface area contributed by atoms with Crippen LogP contribution in [0.25, 0.3) is 0 Å². The topological polar surface area (TPSA) is 144 Å². The van der Waals surface area contributed by atoms with Crippen molar-refractivity contribution < 1.29 is 9.53 Å². The third-order valence-electron chi connectivity index (χ3n) is 4.81. The van der Waals surface area contributed by atoms with Crippen molar-refractivity contribution in [3.8, 4) is 11.8 Å². The summed E-state index contributed by atoms with van der Waals surface area (Å²) in [6, 6.07) is 11.7. The molecule has 2 aromatic carbocycles. The summed E-state index contributed by atoms with van der Waals surface area (Å²) in [5.41, 5.74) is 3.45. The number of nitrogens with zero attached hydrogens (tertiary/aromatic N) is 3. The van der Waals surface area contributed by atoms with E-state index in [0.717, 1.165) is 15.6 Å². The molecule has 2 aromatic rings. The van der Waals surface area contributed by atoms with Gasteiger partial charge in [-0.25, -0.2) is 21.5 Å². The molecule has 0 heterocycles. The number of benzene rings is 2. The normalized spacial score (nSPS) is 11.2. The molecule has 0 saturated heterocycles. The van der Waals surface area contributed by atoms with Crippen LogP contribution >= 0.6 is 11.6 Å². The van der Waals surface area contributed by atoms with Crippen molar-refractivity contribution in [3.63, 3.8) is 0 Å². The van der Waals surface area contributed by atoms with E-state index in [9.17, 15) is 10.1 Å². The van der Waals surface area contributed by atoms with E-state index in [1.54, 1.807) is 44.3 Å². The number of halogens is 1. The molecule has 0 radical (unpaired) electrons. The van der Waals surface area contributed by atoms with Crippen LogP contribution in [0.3, 0.4) is 0 Å². The number of hydrogen-bond donors (Lipinski definition) is 4. The molecule has 2 amide bonds. The molecular weight excluding hydrogens is 430 g/mol. The number of amides is 2. The lowest BCUT2D eigenvalue weighted by Crippen LogP contribution is -2.49. The highest BCUT2D eigenvalue weighted by Crippen LogP contribution is 2.29. The van der Waals surface area contributed by atoms with E-state index in [-0.39, 0.29) is 12.3 Å². The molecule has 10 heteroatoms. The number of carbonyl (C=O) groups excluding carboxylic acids is 1. The van der Waals surface area contributed by atoms with Gasteiger partial charge >= 0.3 is 6.03 Å². The molecular formula is C22H26ClN7O2. The number of hydrazine groups is 2. The maximum atomic E-state index is 12.2. The lowest BCUT2D eigenvalue weighted by Gasteiger charge is -2.24. The summed E-state index contributed by atoms with van der Waals surface area (Å²) in [5, 5.41) is 22.5. The van der Waals surface area contributed by atoms with Crippen LogP contribution in [0.4, 0.5) is 10.5 Å². The number of hydrogen-bond acceptors (Lipinski definition) is 7. The fourth-order valence-electron chi connectivity index (χ4n) is 2.97. The molecule has 6 N–H and O–H groups in total. The fourth-order valence-corrected chi connectivity index (χ4v) is 3.20. The van der Waals surface area contributed by atoms with Crippen LogP contribution in [0, 0.1) is 23.7 Å². The van der Waals surface area contributed by atoms with Gasteiger partial charge in [-0.05, 0) is 49.7 Å². The van der Waals surface area contributed by atoms with Crippen molar-refractivity contribution in [1.82, 2.24) is 10.3 Å². The van der Waals surface area contributed by atoms with E-state index in [1.807, 2.05) is 19.1 Å². The number of urea groups is 1. The number of ether oxygens (including phenoxy) is 1. The second kappa shape index (κ2) is 10.6. The van der Waals surface area contributed by atoms with Gasteiger partial charge in [0.2, 0.25) is 0 Å². The molecule has 0 unspecified atom stereocenters. The minimum Gasteiger partial charge on any atom is -0.488 e. The SMILES string of the molecule is CN/C(C#N)=C(/C)C(=N)c1ccc(OCc2c(Cl)cccc2N(N)C(=O)N(C)N)c(C)c1. The maximum absolute atomic E-state index is 12.2. The second-order valence-corrected chi connectivity index (χ2v) is 7.41. The number of aryl methyl sites for hydroxylation is 1. The highest BCUT2D eigenvalue weighted by Gasteiger charge is 2.20. The zero-order valence-electron chi connectivity index (χ0n) is 18.4. The average molecular weight is 456 g/mol. The van der Waals surface area contributed by atoms with Gasteiger partial charge in [-0.3, -0.25) is 10.4 Å². The molecule has 2 rings (SSSR count). The van der Waals surface area contributed by atoms with Gasteiger partial charge in [-0.2, -0.15) is 5.26 Å². The Bertz CT molecular complexity index is 1110. The first kappa shape index (κ1) is 24.7. The van der Waals surface area contributed by atoms with Gasteiger partial charge in [0.15, 0.2) is 0 Å². The molecule has 0 spiro atoms. The van der Waals surface area contributed by atoms with E-state index in [2.05, 4.69) is 5.32 Å². The Kier molecular flexibility index (Phi) is 8.21. The average Bonchev–Trinajstić information content (AvgIpc) is 2.77. The summed E-state index contributed by atoms with van der Waals surface area (Å²) in [7, 11) is 3.03. The van der Waals surface area contributed by atoms with E-state index in [1.165, 1.54) is 7.05 Å². The number of carbonyl (C=O) groups is 1. The lowest BCUT2D eigenvalue weighted by molar-refractivity contribution is 0.216. The Morgan fingerprint density at radius 2 is 2.00 bits per heavy atom. The van der Waals surface area contributed by atoms with Crippen LogP contribution in [0.5, 0.6) is 5.75 Å². The Morgan fingerprint density at radius 3 is 2.56 bits per heavy atom. The Balaban J connectivity index is 2.28. The van der Waals surface area contributed by atoms with E-state index in [4.69, 9.17) is 33.4 Å². The molecule has 0 fully saturated rings. The molecule has 0 aromatic heterocycles. The number of rotatable bonds is 7. The molecule has 32 heavy (non-hydrogen) atoms. The Morgan fingerprint density at radius 1 is 1.31 bits per heavy atom. The van der Waals surface area contributed by atoms with Crippen LogP contribution in [0.2, 0.25) is 5.02 Å². The second-order valence-electron chi connectivity index (χ2n) is 7.01. The fraction of sp³-hybridized carbons (Fsp3) is 0.227. The molecule has 0 aliphatic rings. The zero-order valence-corrected chi connectivity index (χ0v) is 19.1. The predicted octanol–water partition coefficient (Wildman–Crippen LogP) is 3.22. The minimum absolute atomic E-state index is 0.0547. The standard InChI is InChI=1S/C22H26ClN7O2/c1-13-10-15(21(25)14(2)18(11-24)28-3)8-9-20(13)32-12-16-17(23)6-5-7-19(16)30(27)22(31)29(4)26/h5-10,25,28H,12,26-27H2,1-4H3/b18-14-,25-21?. The van der Waals surface area contributed by atoms with E-state index < -0.39 is 6.03 Å². The molecule has 168 valence electrons. The van der Waals surface area contributed by atoms with Crippen molar-refractivity contribution in [2.75, 3.05) is 19.1 Å². The van der Waals surface area contributed by atoms with Crippen LogP contribution in [0.15, 0.2) is 47.7 Å². The van der Waals surface area contributed by atoms with E-state index >= 15 is 0 Å². The van der Waals surface area contributed by atoms with Gasteiger partial charge in [-0.15, -0.1) is 0 Å². The van der Waals surface area contributed by atoms with Gasteiger partial charge in [0.25, 0.3) is 0 Å². The van der Waals surface area contributed by atoms with Gasteiger partial charge in [0.05, 0.1) is 11.4 Å². The first-order valence-electron chi connectivity index (χ1n) is 9.58. The smallest absolute Gasteiger partial charge is 0.352 e. The minimum atomic E-state index is -0.616. The summed E-state index contributed by atoms with van der Waals surface area (Å²) < 4.78 is 5.95. The van der Waals surface area contributed by atoms with Gasteiger partial charge < -0.3 is 10.1 Å². The quantitative estimate of drug-likeness (QED) is 0.166. The van der Waals surface area contributed by atoms with Crippen molar-refractivity contribution in [1.29, 1.82) is 10.7 Å². The number of anilines is 1. The predicted molar refractivity (Wildman–Crippen MR) is 125 cm³/mol. The number of allylic oxidation sites excluding steroid dienone is 2. The molecule has 0 aliphatic heterocycles. The highest BCUT2D eigenvalue weighted by atomic mass is 35.5. The molecule has 9 nitrogen and oxygen atoms in total. The van der Waals surface area contributed by atoms with Crippen LogP contribution in [-0.2, 0) is 6.61 Å². The number of nitriles is 1. The van der Waals surface area contributed by atoms with Crippen LogP contribution < -0.4 is 26.7 Å². The summed E-state index contributed by atoms with van der Waals surface area (Å²) in [5.74, 6) is 12.0. The monoisotopic (exact) mass is 455 g/mol. The molecule has 0 bridgehead atoms. The highest BCUT2D eigenvalue weighted by molar-refractivity contribution is 6.31. The van der Waals surface area contributed by atoms with Crippen molar-refractivity contribution in [2.45, 2.75) is 20.5 Å². The summed E-state index contributed by atoms with van der Waals surface area (Å²) >= 11 is 6.34. The molecule has 0 atom stereocenters. The number of nitrogens with one attached hydrogen (secondary N) is 2. The Labute approximate surface area is 192 Å². The lowest BCUT2D eigenvalue weighted by atomic mass is 10.00. The van der Waals surface area contributed by atoms with Crippen LogP contribution in [-0.4, -0.2) is 30.8 Å². The third kappa shape index (κ3) is 5.36. The van der Waals surface area contributed by atoms with Crippen molar-refractivity contribution in [2.24, 2.45) is 11.7 Å². The summed E-state index contributed by atoms with van der Waals surface area (Å²) in [4.78, 5) is 12.2. The van der Waals surface area contributed by atoms with Crippen molar-refractivity contribution in [3.05, 3.63) is 69.4 Å². The third-order valence-corrected chi connectivity index (χ3v) is 5.16. The first-order valence-corrected chi connectivity index (χ1v) is 9.96. The maximum Gasteiger partial charge on any atom is 0.352 e. The largest absolute Gasteiger partial charge is 0.488 e. The van der Waals surface area contributed by atoms with E-state index in [0.29, 0.717) is 38.9 Å². The number of nitrogens with two attached hydrogens (primary N) is 2. The van der Waals surface area contributed by atoms with Gasteiger partial charge in [0, 0.05) is 35.8 Å². The molecule has 0 saturated carbocycles. The first-order chi connectivity index (χ1) is 15.1. The summed E-state index contributed by atoms with van der Waals surface area (Å²) in [6.45, 7) is 3.62.